The third kappa shape index (κ3) is 1.75. The molecule has 0 saturated carbocycles. The SMILES string of the molecule is OCc1c(-c2ccc(Cl)cc2)nn2cccnc12. The van der Waals surface area contributed by atoms with E-state index in [1.165, 1.54) is 0 Å². The molecule has 2 aromatic heterocycles. The van der Waals surface area contributed by atoms with Crippen molar-refractivity contribution in [3.63, 3.8) is 0 Å². The van der Waals surface area contributed by atoms with Crippen LogP contribution in [0.5, 0.6) is 0 Å². The molecular formula is C13H10ClN3O. The number of halogens is 1. The Bertz CT molecular complexity index is 691. The zero-order valence-electron chi connectivity index (χ0n) is 9.42. The molecule has 4 nitrogen and oxygen atoms in total. The lowest BCUT2D eigenvalue weighted by Crippen LogP contribution is -1.89. The van der Waals surface area contributed by atoms with Crippen LogP contribution in [-0.4, -0.2) is 19.7 Å². The molecule has 0 unspecified atom stereocenters. The number of aromatic nitrogens is 3. The third-order valence-electron chi connectivity index (χ3n) is 2.77. The first-order valence-corrected chi connectivity index (χ1v) is 5.86. The van der Waals surface area contributed by atoms with E-state index in [1.54, 1.807) is 35.1 Å². The van der Waals surface area contributed by atoms with Crippen LogP contribution in [0, 0.1) is 0 Å². The first kappa shape index (κ1) is 11.2. The van der Waals surface area contributed by atoms with E-state index < -0.39 is 0 Å². The Kier molecular flexibility index (Phi) is 2.74. The highest BCUT2D eigenvalue weighted by Gasteiger charge is 2.14. The van der Waals surface area contributed by atoms with Crippen molar-refractivity contribution in [2.75, 3.05) is 0 Å². The molecule has 0 spiro atoms. The zero-order valence-corrected chi connectivity index (χ0v) is 10.2. The van der Waals surface area contributed by atoms with E-state index in [-0.39, 0.29) is 6.61 Å². The van der Waals surface area contributed by atoms with Crippen LogP contribution in [0.15, 0.2) is 42.7 Å². The summed E-state index contributed by atoms with van der Waals surface area (Å²) in [6, 6.07) is 9.16. The van der Waals surface area contributed by atoms with Crippen LogP contribution < -0.4 is 0 Å². The van der Waals surface area contributed by atoms with Crippen molar-refractivity contribution >= 4 is 17.2 Å². The molecule has 5 heteroatoms. The van der Waals surface area contributed by atoms with Crippen molar-refractivity contribution in [3.8, 4) is 11.3 Å². The molecule has 0 bridgehead atoms. The highest BCUT2D eigenvalue weighted by Crippen LogP contribution is 2.26. The van der Waals surface area contributed by atoms with Gasteiger partial charge in [0.1, 0.15) is 5.69 Å². The summed E-state index contributed by atoms with van der Waals surface area (Å²) in [6.45, 7) is -0.0987. The first-order valence-electron chi connectivity index (χ1n) is 5.48. The lowest BCUT2D eigenvalue weighted by Gasteiger charge is -1.99. The molecule has 0 saturated heterocycles. The van der Waals surface area contributed by atoms with Crippen molar-refractivity contribution in [1.82, 2.24) is 14.6 Å². The monoisotopic (exact) mass is 259 g/mol. The Balaban J connectivity index is 2.25. The lowest BCUT2D eigenvalue weighted by molar-refractivity contribution is 0.283. The number of hydrogen-bond acceptors (Lipinski definition) is 3. The van der Waals surface area contributed by atoms with Gasteiger partial charge in [-0.3, -0.25) is 0 Å². The molecule has 90 valence electrons. The van der Waals surface area contributed by atoms with Crippen molar-refractivity contribution < 1.29 is 5.11 Å². The summed E-state index contributed by atoms with van der Waals surface area (Å²) in [6.07, 6.45) is 3.49. The van der Waals surface area contributed by atoms with E-state index in [0.29, 0.717) is 10.7 Å². The van der Waals surface area contributed by atoms with E-state index in [2.05, 4.69) is 10.1 Å². The molecular weight excluding hydrogens is 250 g/mol. The molecule has 1 N–H and O–H groups in total. The predicted octanol–water partition coefficient (Wildman–Crippen LogP) is 2.54. The highest BCUT2D eigenvalue weighted by atomic mass is 35.5. The van der Waals surface area contributed by atoms with Crippen LogP contribution in [-0.2, 0) is 6.61 Å². The van der Waals surface area contributed by atoms with Gasteiger partial charge in [0, 0.05) is 23.0 Å². The van der Waals surface area contributed by atoms with E-state index in [4.69, 9.17) is 11.6 Å². The summed E-state index contributed by atoms with van der Waals surface area (Å²) in [7, 11) is 0. The minimum Gasteiger partial charge on any atom is -0.391 e. The quantitative estimate of drug-likeness (QED) is 0.769. The number of benzene rings is 1. The Hall–Kier alpha value is -1.91. The van der Waals surface area contributed by atoms with Gasteiger partial charge in [0.15, 0.2) is 5.65 Å². The van der Waals surface area contributed by atoms with Crippen LogP contribution in [0.1, 0.15) is 5.56 Å². The molecule has 1 aromatic carbocycles. The second kappa shape index (κ2) is 4.40. The number of hydrogen-bond donors (Lipinski definition) is 1. The van der Waals surface area contributed by atoms with Crippen LogP contribution in [0.4, 0.5) is 0 Å². The van der Waals surface area contributed by atoms with Gasteiger partial charge in [-0.1, -0.05) is 23.7 Å². The number of aliphatic hydroxyl groups excluding tert-OH is 1. The fourth-order valence-electron chi connectivity index (χ4n) is 1.92. The summed E-state index contributed by atoms with van der Waals surface area (Å²) in [5.41, 5.74) is 3.03. The molecule has 0 aliphatic carbocycles. The Morgan fingerprint density at radius 2 is 2.00 bits per heavy atom. The fourth-order valence-corrected chi connectivity index (χ4v) is 2.05. The van der Waals surface area contributed by atoms with Crippen molar-refractivity contribution in [3.05, 3.63) is 53.3 Å². The van der Waals surface area contributed by atoms with Crippen molar-refractivity contribution in [2.24, 2.45) is 0 Å². The molecule has 0 amide bonds. The molecule has 2 heterocycles. The van der Waals surface area contributed by atoms with E-state index in [9.17, 15) is 5.11 Å². The maximum absolute atomic E-state index is 9.50. The standard InChI is InChI=1S/C13H10ClN3O/c14-10-4-2-9(3-5-10)12-11(8-18)13-15-6-1-7-17(13)16-12/h1-7,18H,8H2. The smallest absolute Gasteiger partial charge is 0.161 e. The predicted molar refractivity (Wildman–Crippen MR) is 69.4 cm³/mol. The average Bonchev–Trinajstić information content (AvgIpc) is 2.78. The minimum atomic E-state index is -0.0987. The third-order valence-corrected chi connectivity index (χ3v) is 3.02. The summed E-state index contributed by atoms with van der Waals surface area (Å²) >= 11 is 5.86. The largest absolute Gasteiger partial charge is 0.391 e. The molecule has 0 fully saturated rings. The fraction of sp³-hybridized carbons (Fsp3) is 0.0769. The summed E-state index contributed by atoms with van der Waals surface area (Å²) < 4.78 is 1.66. The summed E-state index contributed by atoms with van der Waals surface area (Å²) in [5, 5.41) is 14.6. The number of nitrogens with zero attached hydrogens (tertiary/aromatic N) is 3. The summed E-state index contributed by atoms with van der Waals surface area (Å²) in [5.74, 6) is 0. The van der Waals surface area contributed by atoms with Gasteiger partial charge in [-0.25, -0.2) is 9.50 Å². The molecule has 0 radical (unpaired) electrons. The van der Waals surface area contributed by atoms with Gasteiger partial charge in [-0.05, 0) is 18.2 Å². The van der Waals surface area contributed by atoms with Gasteiger partial charge in [0.05, 0.1) is 12.2 Å². The maximum atomic E-state index is 9.50. The number of fused-ring (bicyclic) bond motifs is 1. The lowest BCUT2D eigenvalue weighted by atomic mass is 10.1. The van der Waals surface area contributed by atoms with Gasteiger partial charge in [-0.15, -0.1) is 0 Å². The average molecular weight is 260 g/mol. The Labute approximate surface area is 108 Å². The van der Waals surface area contributed by atoms with Crippen LogP contribution >= 0.6 is 11.6 Å². The highest BCUT2D eigenvalue weighted by molar-refractivity contribution is 6.30. The molecule has 3 rings (SSSR count). The van der Waals surface area contributed by atoms with Gasteiger partial charge < -0.3 is 5.11 Å². The Morgan fingerprint density at radius 1 is 1.22 bits per heavy atom. The van der Waals surface area contributed by atoms with Crippen LogP contribution in [0.2, 0.25) is 5.02 Å². The number of rotatable bonds is 2. The molecule has 3 aromatic rings. The van der Waals surface area contributed by atoms with E-state index in [0.717, 1.165) is 16.8 Å². The Morgan fingerprint density at radius 3 is 2.72 bits per heavy atom. The summed E-state index contributed by atoms with van der Waals surface area (Å²) in [4.78, 5) is 4.23. The van der Waals surface area contributed by atoms with Crippen molar-refractivity contribution in [1.29, 1.82) is 0 Å². The second-order valence-electron chi connectivity index (χ2n) is 3.88. The first-order chi connectivity index (χ1) is 8.79. The van der Waals surface area contributed by atoms with Crippen LogP contribution in [0.3, 0.4) is 0 Å². The number of aliphatic hydroxyl groups is 1. The van der Waals surface area contributed by atoms with Gasteiger partial charge >= 0.3 is 0 Å². The topological polar surface area (TPSA) is 50.4 Å². The normalized spacial score (nSPS) is 11.0. The second-order valence-corrected chi connectivity index (χ2v) is 4.32. The zero-order chi connectivity index (χ0) is 12.5. The van der Waals surface area contributed by atoms with Crippen molar-refractivity contribution in [2.45, 2.75) is 6.61 Å². The maximum Gasteiger partial charge on any atom is 0.161 e. The molecule has 18 heavy (non-hydrogen) atoms. The van der Waals surface area contributed by atoms with Gasteiger partial charge in [-0.2, -0.15) is 5.10 Å². The van der Waals surface area contributed by atoms with Gasteiger partial charge in [0.2, 0.25) is 0 Å². The van der Waals surface area contributed by atoms with Crippen LogP contribution in [0.25, 0.3) is 16.9 Å². The van der Waals surface area contributed by atoms with E-state index in [1.807, 2.05) is 12.1 Å². The molecule has 0 atom stereocenters. The molecule has 0 aliphatic rings. The molecule has 0 aliphatic heterocycles. The van der Waals surface area contributed by atoms with Gasteiger partial charge in [0.25, 0.3) is 0 Å². The minimum absolute atomic E-state index is 0.0987. The van der Waals surface area contributed by atoms with E-state index >= 15 is 0 Å².